The minimum atomic E-state index is -4.53. The number of fused-ring (bicyclic) bond motifs is 1. The molecule has 0 unspecified atom stereocenters. The number of aromatic nitrogens is 2. The summed E-state index contributed by atoms with van der Waals surface area (Å²) < 4.78 is 44.0. The highest BCUT2D eigenvalue weighted by atomic mass is 79.9. The lowest BCUT2D eigenvalue weighted by Gasteiger charge is -2.34. The second-order valence-electron chi connectivity index (χ2n) is 8.61. The van der Waals surface area contributed by atoms with Crippen LogP contribution in [0.15, 0.2) is 95.6 Å². The fraction of sp³-hybridized carbons (Fsp3) is 0.185. The summed E-state index contributed by atoms with van der Waals surface area (Å²) in [6, 6.07) is 23.1. The van der Waals surface area contributed by atoms with Crippen molar-refractivity contribution in [1.82, 2.24) is 9.78 Å². The van der Waals surface area contributed by atoms with Crippen molar-refractivity contribution in [3.8, 4) is 0 Å². The Hall–Kier alpha value is -3.59. The van der Waals surface area contributed by atoms with Gasteiger partial charge in [-0.2, -0.15) is 18.3 Å². The molecule has 1 aliphatic rings. The topological polar surface area (TPSA) is 50.2 Å². The normalized spacial score (nSPS) is 17.2. The second kappa shape index (κ2) is 9.81. The number of halogens is 4. The van der Waals surface area contributed by atoms with Gasteiger partial charge in [0.15, 0.2) is 6.04 Å². The first-order chi connectivity index (χ1) is 17.3. The van der Waals surface area contributed by atoms with E-state index in [9.17, 15) is 18.0 Å². The van der Waals surface area contributed by atoms with Gasteiger partial charge >= 0.3 is 6.18 Å². The van der Waals surface area contributed by atoms with E-state index >= 15 is 0 Å². The predicted octanol–water partition coefficient (Wildman–Crippen LogP) is 7.15. The summed E-state index contributed by atoms with van der Waals surface area (Å²) in [5.74, 6) is -0.369. The number of anilines is 2. The number of hydrogen-bond acceptors (Lipinski definition) is 3. The number of alkyl halides is 3. The summed E-state index contributed by atoms with van der Waals surface area (Å²) in [6.45, 7) is 0.257. The highest BCUT2D eigenvalue weighted by Gasteiger charge is 2.47. The lowest BCUT2D eigenvalue weighted by Crippen LogP contribution is -2.37. The van der Waals surface area contributed by atoms with Crippen LogP contribution in [-0.4, -0.2) is 21.9 Å². The Kier molecular flexibility index (Phi) is 6.57. The van der Waals surface area contributed by atoms with Gasteiger partial charge in [0, 0.05) is 16.6 Å². The van der Waals surface area contributed by atoms with Crippen molar-refractivity contribution in [2.75, 3.05) is 10.2 Å². The molecule has 36 heavy (non-hydrogen) atoms. The molecule has 0 spiro atoms. The zero-order valence-electron chi connectivity index (χ0n) is 19.0. The summed E-state index contributed by atoms with van der Waals surface area (Å²) >= 11 is 3.36. The van der Waals surface area contributed by atoms with Gasteiger partial charge in [-0.25, -0.2) is 4.68 Å². The first-order valence-electron chi connectivity index (χ1n) is 11.4. The SMILES string of the molecule is O=C(c1cnn2c1N[C@H](c1ccc(Br)cc1)C[C@@H]2C(F)(F)F)N(Cc1ccccc1)c1ccccc1. The van der Waals surface area contributed by atoms with Crippen LogP contribution < -0.4 is 10.2 Å². The summed E-state index contributed by atoms with van der Waals surface area (Å²) in [7, 11) is 0. The van der Waals surface area contributed by atoms with Crippen molar-refractivity contribution < 1.29 is 18.0 Å². The highest BCUT2D eigenvalue weighted by molar-refractivity contribution is 9.10. The van der Waals surface area contributed by atoms with Gasteiger partial charge in [-0.05, 0) is 35.4 Å². The van der Waals surface area contributed by atoms with Gasteiger partial charge in [0.2, 0.25) is 0 Å². The van der Waals surface area contributed by atoms with Crippen LogP contribution in [0.2, 0.25) is 0 Å². The largest absolute Gasteiger partial charge is 0.410 e. The quantitative estimate of drug-likeness (QED) is 0.285. The molecule has 2 heterocycles. The van der Waals surface area contributed by atoms with Crippen LogP contribution in [0.5, 0.6) is 0 Å². The van der Waals surface area contributed by atoms with Crippen molar-refractivity contribution in [3.05, 3.63) is 112 Å². The molecule has 184 valence electrons. The Morgan fingerprint density at radius 1 is 1.00 bits per heavy atom. The molecule has 9 heteroatoms. The van der Waals surface area contributed by atoms with Crippen LogP contribution in [-0.2, 0) is 6.54 Å². The summed E-state index contributed by atoms with van der Waals surface area (Å²) in [5.41, 5.74) is 2.32. The number of benzene rings is 3. The van der Waals surface area contributed by atoms with E-state index in [2.05, 4.69) is 26.3 Å². The monoisotopic (exact) mass is 554 g/mol. The van der Waals surface area contributed by atoms with Gasteiger partial charge in [-0.15, -0.1) is 0 Å². The number of hydrogen-bond donors (Lipinski definition) is 1. The van der Waals surface area contributed by atoms with Crippen LogP contribution in [0.4, 0.5) is 24.7 Å². The molecule has 1 amide bonds. The molecule has 1 aliphatic heterocycles. The maximum absolute atomic E-state index is 14.1. The Balaban J connectivity index is 1.55. The maximum atomic E-state index is 14.1. The number of carbonyl (C=O) groups is 1. The predicted molar refractivity (Wildman–Crippen MR) is 136 cm³/mol. The first-order valence-corrected chi connectivity index (χ1v) is 12.2. The van der Waals surface area contributed by atoms with Crippen molar-refractivity contribution in [2.45, 2.75) is 31.2 Å². The Labute approximate surface area is 214 Å². The zero-order valence-corrected chi connectivity index (χ0v) is 20.6. The molecule has 3 aromatic carbocycles. The maximum Gasteiger partial charge on any atom is 0.410 e. The third-order valence-corrected chi connectivity index (χ3v) is 6.77. The number of rotatable bonds is 5. The second-order valence-corrected chi connectivity index (χ2v) is 9.52. The van der Waals surface area contributed by atoms with Gasteiger partial charge in [0.05, 0.1) is 18.8 Å². The number of para-hydroxylation sites is 1. The molecular formula is C27H22BrF3N4O. The number of carbonyl (C=O) groups excluding carboxylic acids is 1. The summed E-state index contributed by atoms with van der Waals surface area (Å²) in [6.07, 6.45) is -3.53. The Bertz CT molecular complexity index is 1340. The van der Waals surface area contributed by atoms with E-state index in [0.717, 1.165) is 14.7 Å². The summed E-state index contributed by atoms with van der Waals surface area (Å²) in [5, 5.41) is 7.20. The molecular weight excluding hydrogens is 533 g/mol. The molecule has 0 radical (unpaired) electrons. The number of amides is 1. The van der Waals surface area contributed by atoms with Gasteiger partial charge in [-0.3, -0.25) is 4.79 Å². The molecule has 0 bridgehead atoms. The standard InChI is InChI=1S/C27H22BrF3N4O/c28-20-13-11-19(12-14-20)23-15-24(27(29,30)31)35-25(33-23)22(16-32-35)26(36)34(21-9-5-2-6-10-21)17-18-7-3-1-4-8-18/h1-14,16,23-24,33H,15,17H2/t23-,24+/m0/s1. The van der Waals surface area contributed by atoms with Gasteiger partial charge in [0.1, 0.15) is 11.4 Å². The minimum absolute atomic E-state index is 0.0653. The van der Waals surface area contributed by atoms with Gasteiger partial charge in [-0.1, -0.05) is 76.6 Å². The molecule has 1 aromatic heterocycles. The molecule has 0 fully saturated rings. The third kappa shape index (κ3) is 4.88. The highest BCUT2D eigenvalue weighted by Crippen LogP contribution is 2.44. The van der Waals surface area contributed by atoms with Crippen molar-refractivity contribution in [1.29, 1.82) is 0 Å². The average Bonchev–Trinajstić information content (AvgIpc) is 3.31. The lowest BCUT2D eigenvalue weighted by atomic mass is 9.96. The fourth-order valence-electron chi connectivity index (χ4n) is 4.43. The molecule has 0 aliphatic carbocycles. The van der Waals surface area contributed by atoms with Crippen LogP contribution in [0, 0.1) is 0 Å². The van der Waals surface area contributed by atoms with Crippen LogP contribution in [0.1, 0.15) is 40.0 Å². The number of nitrogens with one attached hydrogen (secondary N) is 1. The molecule has 0 saturated carbocycles. The van der Waals surface area contributed by atoms with Gasteiger partial charge < -0.3 is 10.2 Å². The number of nitrogens with zero attached hydrogens (tertiary/aromatic N) is 3. The molecule has 0 saturated heterocycles. The molecule has 2 atom stereocenters. The van der Waals surface area contributed by atoms with E-state index in [1.807, 2.05) is 48.5 Å². The fourth-order valence-corrected chi connectivity index (χ4v) is 4.70. The van der Waals surface area contributed by atoms with Crippen LogP contribution in [0.3, 0.4) is 0 Å². The van der Waals surface area contributed by atoms with Crippen molar-refractivity contribution in [2.24, 2.45) is 0 Å². The van der Waals surface area contributed by atoms with Gasteiger partial charge in [0.25, 0.3) is 5.91 Å². The van der Waals surface area contributed by atoms with E-state index in [1.165, 1.54) is 6.20 Å². The smallest absolute Gasteiger partial charge is 0.363 e. The third-order valence-electron chi connectivity index (χ3n) is 6.24. The molecule has 4 aromatic rings. The van der Waals surface area contributed by atoms with Crippen LogP contribution in [0.25, 0.3) is 0 Å². The van der Waals surface area contributed by atoms with E-state index in [-0.39, 0.29) is 24.3 Å². The van der Waals surface area contributed by atoms with E-state index in [0.29, 0.717) is 11.3 Å². The average molecular weight is 555 g/mol. The van der Waals surface area contributed by atoms with E-state index < -0.39 is 24.2 Å². The van der Waals surface area contributed by atoms with E-state index in [4.69, 9.17) is 0 Å². The van der Waals surface area contributed by atoms with Crippen molar-refractivity contribution in [3.63, 3.8) is 0 Å². The molecule has 5 rings (SSSR count). The Morgan fingerprint density at radius 2 is 1.64 bits per heavy atom. The van der Waals surface area contributed by atoms with Crippen LogP contribution >= 0.6 is 15.9 Å². The molecule has 1 N–H and O–H groups in total. The Morgan fingerprint density at radius 3 is 2.28 bits per heavy atom. The van der Waals surface area contributed by atoms with Crippen molar-refractivity contribution >= 4 is 33.3 Å². The summed E-state index contributed by atoms with van der Waals surface area (Å²) in [4.78, 5) is 15.4. The zero-order chi connectivity index (χ0) is 25.3. The minimum Gasteiger partial charge on any atom is -0.363 e. The lowest BCUT2D eigenvalue weighted by molar-refractivity contribution is -0.173. The molecule has 5 nitrogen and oxygen atoms in total. The first kappa shape index (κ1) is 24.1. The van der Waals surface area contributed by atoms with E-state index in [1.54, 1.807) is 41.3 Å².